The van der Waals surface area contributed by atoms with Crippen LogP contribution in [-0.2, 0) is 4.74 Å². The van der Waals surface area contributed by atoms with E-state index in [1.165, 1.54) is 23.7 Å². The molecular formula is C21H26N6O4S. The van der Waals surface area contributed by atoms with E-state index < -0.39 is 29.0 Å². The lowest BCUT2D eigenvalue weighted by Crippen LogP contribution is -2.52. The Morgan fingerprint density at radius 1 is 1.16 bits per heavy atom. The first-order valence-corrected chi connectivity index (χ1v) is 10.7. The van der Waals surface area contributed by atoms with Gasteiger partial charge in [0.25, 0.3) is 11.8 Å². The average molecular weight is 459 g/mol. The summed E-state index contributed by atoms with van der Waals surface area (Å²) in [5.41, 5.74) is 5.98. The molecule has 0 aliphatic carbocycles. The number of hydrogen-bond acceptors (Lipinski definition) is 7. The Labute approximate surface area is 189 Å². The van der Waals surface area contributed by atoms with E-state index in [4.69, 9.17) is 10.5 Å². The molecule has 0 fully saturated rings. The Morgan fingerprint density at radius 2 is 1.88 bits per heavy atom. The van der Waals surface area contributed by atoms with Crippen LogP contribution in [0.1, 0.15) is 54.8 Å². The number of thiophene rings is 1. The van der Waals surface area contributed by atoms with E-state index in [9.17, 15) is 14.4 Å². The minimum atomic E-state index is -0.745. The van der Waals surface area contributed by atoms with Gasteiger partial charge in [-0.3, -0.25) is 14.6 Å². The molecule has 0 aliphatic rings. The van der Waals surface area contributed by atoms with Gasteiger partial charge in [0.05, 0.1) is 38.7 Å². The second-order valence-electron chi connectivity index (χ2n) is 8.92. The SMILES string of the molecule is CC(C)(CNC(=O)c1cncc(-c2cc3sc(C(N)=O)cc3[nH]2)n1)NC(=O)OC(C)(C)C. The van der Waals surface area contributed by atoms with Crippen molar-refractivity contribution in [3.8, 4) is 11.4 Å². The summed E-state index contributed by atoms with van der Waals surface area (Å²) >= 11 is 1.27. The van der Waals surface area contributed by atoms with Gasteiger partial charge in [-0.05, 0) is 46.8 Å². The molecule has 0 unspecified atom stereocenters. The summed E-state index contributed by atoms with van der Waals surface area (Å²) in [5, 5.41) is 5.49. The molecule has 0 aromatic carbocycles. The topological polar surface area (TPSA) is 152 Å². The number of H-pyrrole nitrogens is 1. The van der Waals surface area contributed by atoms with Gasteiger partial charge >= 0.3 is 6.09 Å². The van der Waals surface area contributed by atoms with Crippen molar-refractivity contribution in [2.45, 2.75) is 45.8 Å². The van der Waals surface area contributed by atoms with Gasteiger partial charge in [-0.1, -0.05) is 0 Å². The van der Waals surface area contributed by atoms with E-state index >= 15 is 0 Å². The largest absolute Gasteiger partial charge is 0.444 e. The number of nitrogens with zero attached hydrogens (tertiary/aromatic N) is 2. The molecule has 5 N–H and O–H groups in total. The van der Waals surface area contributed by atoms with Crippen molar-refractivity contribution >= 4 is 39.5 Å². The minimum absolute atomic E-state index is 0.131. The number of alkyl carbamates (subject to hydrolysis) is 1. The molecule has 0 aliphatic heterocycles. The van der Waals surface area contributed by atoms with E-state index in [1.54, 1.807) is 40.7 Å². The first-order chi connectivity index (χ1) is 14.8. The fourth-order valence-corrected chi connectivity index (χ4v) is 3.71. The molecule has 32 heavy (non-hydrogen) atoms. The number of nitrogens with two attached hydrogens (primary N) is 1. The first kappa shape index (κ1) is 23.2. The van der Waals surface area contributed by atoms with Crippen molar-refractivity contribution in [2.75, 3.05) is 6.54 Å². The van der Waals surface area contributed by atoms with Crippen molar-refractivity contribution in [1.82, 2.24) is 25.6 Å². The van der Waals surface area contributed by atoms with Crippen LogP contribution in [-0.4, -0.2) is 50.5 Å². The predicted octanol–water partition coefficient (Wildman–Crippen LogP) is 2.82. The number of fused-ring (bicyclic) bond motifs is 1. The number of ether oxygens (including phenoxy) is 1. The second-order valence-corrected chi connectivity index (χ2v) is 10.0. The van der Waals surface area contributed by atoms with Crippen LogP contribution < -0.4 is 16.4 Å². The summed E-state index contributed by atoms with van der Waals surface area (Å²) < 4.78 is 6.10. The van der Waals surface area contributed by atoms with E-state index in [0.29, 0.717) is 16.3 Å². The maximum atomic E-state index is 12.6. The molecule has 11 heteroatoms. The van der Waals surface area contributed by atoms with Crippen molar-refractivity contribution < 1.29 is 19.1 Å². The van der Waals surface area contributed by atoms with Gasteiger partial charge in [-0.15, -0.1) is 11.3 Å². The van der Waals surface area contributed by atoms with Gasteiger partial charge in [0.2, 0.25) is 0 Å². The third-order valence-corrected chi connectivity index (χ3v) is 5.32. The Balaban J connectivity index is 1.67. The highest BCUT2D eigenvalue weighted by Crippen LogP contribution is 2.29. The molecule has 10 nitrogen and oxygen atoms in total. The zero-order valence-corrected chi connectivity index (χ0v) is 19.3. The molecule has 0 atom stereocenters. The number of carbonyl (C=O) groups is 3. The molecule has 0 saturated carbocycles. The zero-order valence-electron chi connectivity index (χ0n) is 18.5. The maximum Gasteiger partial charge on any atom is 0.408 e. The minimum Gasteiger partial charge on any atom is -0.444 e. The average Bonchev–Trinajstić information content (AvgIpc) is 3.23. The maximum absolute atomic E-state index is 12.6. The van der Waals surface area contributed by atoms with Gasteiger partial charge in [-0.25, -0.2) is 9.78 Å². The van der Waals surface area contributed by atoms with E-state index in [1.807, 2.05) is 6.07 Å². The van der Waals surface area contributed by atoms with Crippen molar-refractivity contribution in [3.05, 3.63) is 35.1 Å². The molecule has 3 rings (SSSR count). The fraction of sp³-hybridized carbons (Fsp3) is 0.381. The summed E-state index contributed by atoms with van der Waals surface area (Å²) in [6.07, 6.45) is 2.34. The summed E-state index contributed by atoms with van der Waals surface area (Å²) in [6.45, 7) is 9.02. The van der Waals surface area contributed by atoms with Crippen LogP contribution in [0.5, 0.6) is 0 Å². The lowest BCUT2D eigenvalue weighted by Gasteiger charge is -2.28. The summed E-state index contributed by atoms with van der Waals surface area (Å²) in [5.74, 6) is -0.911. The van der Waals surface area contributed by atoms with Crippen LogP contribution in [0.25, 0.3) is 21.6 Å². The van der Waals surface area contributed by atoms with E-state index in [-0.39, 0.29) is 12.2 Å². The molecule has 3 aromatic rings. The Bertz CT molecular complexity index is 1140. The quantitative estimate of drug-likeness (QED) is 0.446. The highest BCUT2D eigenvalue weighted by molar-refractivity contribution is 7.20. The monoisotopic (exact) mass is 458 g/mol. The molecule has 0 spiro atoms. The van der Waals surface area contributed by atoms with Crippen LogP contribution >= 0.6 is 11.3 Å². The smallest absolute Gasteiger partial charge is 0.408 e. The van der Waals surface area contributed by atoms with Gasteiger partial charge < -0.3 is 26.1 Å². The molecule has 0 radical (unpaired) electrons. The zero-order chi connectivity index (χ0) is 23.7. The van der Waals surface area contributed by atoms with Crippen molar-refractivity contribution in [1.29, 1.82) is 0 Å². The predicted molar refractivity (Wildman–Crippen MR) is 122 cm³/mol. The van der Waals surface area contributed by atoms with Crippen LogP contribution in [0, 0.1) is 0 Å². The highest BCUT2D eigenvalue weighted by Gasteiger charge is 2.25. The van der Waals surface area contributed by atoms with Gasteiger partial charge in [-0.2, -0.15) is 0 Å². The number of primary amides is 1. The second kappa shape index (κ2) is 8.58. The van der Waals surface area contributed by atoms with Gasteiger partial charge in [0.15, 0.2) is 0 Å². The Kier molecular flexibility index (Phi) is 6.22. The third-order valence-electron chi connectivity index (χ3n) is 4.22. The summed E-state index contributed by atoms with van der Waals surface area (Å²) in [4.78, 5) is 48.0. The number of amides is 3. The summed E-state index contributed by atoms with van der Waals surface area (Å²) in [6, 6.07) is 3.50. The summed E-state index contributed by atoms with van der Waals surface area (Å²) in [7, 11) is 0. The fourth-order valence-electron chi connectivity index (χ4n) is 2.80. The molecule has 3 amide bonds. The highest BCUT2D eigenvalue weighted by atomic mass is 32.1. The van der Waals surface area contributed by atoms with Gasteiger partial charge in [0.1, 0.15) is 17.0 Å². The molecule has 0 saturated heterocycles. The molecule has 3 aromatic heterocycles. The van der Waals surface area contributed by atoms with Crippen LogP contribution in [0.4, 0.5) is 4.79 Å². The lowest BCUT2D eigenvalue weighted by atomic mass is 10.1. The first-order valence-electron chi connectivity index (χ1n) is 9.87. The molecule has 3 heterocycles. The Morgan fingerprint density at radius 3 is 2.50 bits per heavy atom. The van der Waals surface area contributed by atoms with Crippen LogP contribution in [0.15, 0.2) is 24.5 Å². The molecular weight excluding hydrogens is 432 g/mol. The standard InChI is InChI=1S/C21H26N6O4S/c1-20(2,3)31-19(30)27-21(4,5)10-24-18(29)14-9-23-8-13(26-14)11-6-15-12(25-11)7-16(32-15)17(22)28/h6-9,25H,10H2,1-5H3,(H2,22,28)(H,24,29)(H,27,30). The number of nitrogens with one attached hydrogen (secondary N) is 3. The number of carbonyl (C=O) groups excluding carboxylic acids is 3. The number of aromatic amines is 1. The Hall–Kier alpha value is -3.47. The van der Waals surface area contributed by atoms with Gasteiger partial charge in [0, 0.05) is 6.54 Å². The van der Waals surface area contributed by atoms with E-state index in [0.717, 1.165) is 10.2 Å². The normalized spacial score (nSPS) is 11.9. The van der Waals surface area contributed by atoms with Crippen LogP contribution in [0.3, 0.4) is 0 Å². The number of aromatic nitrogens is 3. The number of hydrogen-bond donors (Lipinski definition) is 4. The van der Waals surface area contributed by atoms with Crippen LogP contribution in [0.2, 0.25) is 0 Å². The van der Waals surface area contributed by atoms with Crippen molar-refractivity contribution in [3.63, 3.8) is 0 Å². The number of rotatable bonds is 6. The van der Waals surface area contributed by atoms with Crippen molar-refractivity contribution in [2.24, 2.45) is 5.73 Å². The van der Waals surface area contributed by atoms with E-state index in [2.05, 4.69) is 25.6 Å². The molecule has 170 valence electrons. The lowest BCUT2D eigenvalue weighted by molar-refractivity contribution is 0.0468. The molecule has 0 bridgehead atoms. The third kappa shape index (κ3) is 5.82.